The maximum absolute atomic E-state index is 11.7. The minimum absolute atomic E-state index is 0.0867. The molecule has 5 heteroatoms. The van der Waals surface area contributed by atoms with E-state index >= 15 is 0 Å². The summed E-state index contributed by atoms with van der Waals surface area (Å²) in [5, 5.41) is 4.09. The van der Waals surface area contributed by atoms with E-state index in [0.29, 0.717) is 18.9 Å². The first-order chi connectivity index (χ1) is 9.65. The fraction of sp³-hybridized carbons (Fsp3) is 0.733. The van der Waals surface area contributed by atoms with E-state index in [1.54, 1.807) is 16.4 Å². The molecule has 114 valence electrons. The van der Waals surface area contributed by atoms with Gasteiger partial charge in [-0.3, -0.25) is 9.48 Å². The zero-order valence-corrected chi connectivity index (χ0v) is 13.6. The molecular weight excluding hydrogens is 272 g/mol. The molecule has 0 aliphatic carbocycles. The molecule has 1 atom stereocenters. The molecule has 0 amide bonds. The van der Waals surface area contributed by atoms with Gasteiger partial charge in [-0.05, 0) is 12.3 Å². The van der Waals surface area contributed by atoms with Crippen molar-refractivity contribution in [3.8, 4) is 0 Å². The van der Waals surface area contributed by atoms with Gasteiger partial charge >= 0.3 is 5.97 Å². The fourth-order valence-corrected chi connectivity index (χ4v) is 2.76. The lowest BCUT2D eigenvalue weighted by Gasteiger charge is -2.14. The van der Waals surface area contributed by atoms with E-state index in [0.717, 1.165) is 23.5 Å². The molecule has 0 saturated heterocycles. The summed E-state index contributed by atoms with van der Waals surface area (Å²) in [6.45, 7) is 4.92. The number of carbonyl (C=O) groups is 1. The van der Waals surface area contributed by atoms with Gasteiger partial charge in [-0.15, -0.1) is 11.8 Å². The van der Waals surface area contributed by atoms with Crippen molar-refractivity contribution in [2.45, 2.75) is 50.8 Å². The third-order valence-electron chi connectivity index (χ3n) is 3.28. The molecule has 4 nitrogen and oxygen atoms in total. The lowest BCUT2D eigenvalue weighted by atomic mass is 10.0. The number of hydrogen-bond acceptors (Lipinski definition) is 4. The van der Waals surface area contributed by atoms with Gasteiger partial charge in [0.25, 0.3) is 0 Å². The maximum Gasteiger partial charge on any atom is 0.306 e. The zero-order valence-electron chi connectivity index (χ0n) is 12.8. The van der Waals surface area contributed by atoms with Crippen molar-refractivity contribution in [3.05, 3.63) is 12.4 Å². The summed E-state index contributed by atoms with van der Waals surface area (Å²) in [5.41, 5.74) is 0. The van der Waals surface area contributed by atoms with Crippen LogP contribution in [0.5, 0.6) is 0 Å². The minimum atomic E-state index is -0.0867. The second kappa shape index (κ2) is 9.86. The molecule has 0 spiro atoms. The average Bonchev–Trinajstić information content (AvgIpc) is 2.85. The van der Waals surface area contributed by atoms with Crippen molar-refractivity contribution in [2.75, 3.05) is 12.4 Å². The van der Waals surface area contributed by atoms with Gasteiger partial charge in [0.15, 0.2) is 0 Å². The number of rotatable bonds is 10. The summed E-state index contributed by atoms with van der Waals surface area (Å²) in [6, 6.07) is 0. The van der Waals surface area contributed by atoms with E-state index in [2.05, 4.69) is 18.9 Å². The predicted molar refractivity (Wildman–Crippen MR) is 82.8 cm³/mol. The van der Waals surface area contributed by atoms with Gasteiger partial charge in [0.05, 0.1) is 19.2 Å². The molecule has 0 saturated carbocycles. The monoisotopic (exact) mass is 298 g/mol. The molecule has 20 heavy (non-hydrogen) atoms. The molecule has 1 unspecified atom stereocenters. The average molecular weight is 298 g/mol. The molecular formula is C15H26N2O2S. The summed E-state index contributed by atoms with van der Waals surface area (Å²) in [7, 11) is 1.89. The van der Waals surface area contributed by atoms with Crippen molar-refractivity contribution in [1.29, 1.82) is 0 Å². The molecule has 0 N–H and O–H groups in total. The van der Waals surface area contributed by atoms with Gasteiger partial charge in [0.1, 0.15) is 0 Å². The third-order valence-corrected chi connectivity index (χ3v) is 4.23. The number of nitrogens with zero attached hydrogens (tertiary/aromatic N) is 2. The number of hydrogen-bond donors (Lipinski definition) is 0. The maximum atomic E-state index is 11.7. The van der Waals surface area contributed by atoms with Crippen LogP contribution in [0, 0.1) is 5.92 Å². The first-order valence-corrected chi connectivity index (χ1v) is 8.41. The van der Waals surface area contributed by atoms with E-state index < -0.39 is 0 Å². The normalized spacial score (nSPS) is 12.3. The Kier molecular flexibility index (Phi) is 8.42. The molecule has 0 bridgehead atoms. The van der Waals surface area contributed by atoms with Crippen LogP contribution in [0.25, 0.3) is 0 Å². The Bertz CT molecular complexity index is 393. The molecule has 1 rings (SSSR count). The van der Waals surface area contributed by atoms with Crippen molar-refractivity contribution in [3.63, 3.8) is 0 Å². The Morgan fingerprint density at radius 2 is 2.30 bits per heavy atom. The van der Waals surface area contributed by atoms with Crippen LogP contribution in [0.3, 0.4) is 0 Å². The van der Waals surface area contributed by atoms with Crippen LogP contribution >= 0.6 is 11.8 Å². The summed E-state index contributed by atoms with van der Waals surface area (Å²) in [5.74, 6) is 1.18. The van der Waals surface area contributed by atoms with Gasteiger partial charge in [0.2, 0.25) is 0 Å². The number of ether oxygens (including phenoxy) is 1. The van der Waals surface area contributed by atoms with Crippen LogP contribution in [-0.2, 0) is 16.6 Å². The molecule has 0 fully saturated rings. The topological polar surface area (TPSA) is 44.1 Å². The Hall–Kier alpha value is -0.970. The molecule has 1 aromatic rings. The quantitative estimate of drug-likeness (QED) is 0.488. The summed E-state index contributed by atoms with van der Waals surface area (Å²) in [6.07, 6.45) is 8.88. The summed E-state index contributed by atoms with van der Waals surface area (Å²) in [4.78, 5) is 12.8. The molecule has 1 aromatic heterocycles. The lowest BCUT2D eigenvalue weighted by molar-refractivity contribution is -0.144. The standard InChI is InChI=1S/C15H26N2O2S/c1-4-6-7-13(5-2)12-19-15(18)8-9-20-14-10-16-17(3)11-14/h10-11,13H,4-9,12H2,1-3H3. The smallest absolute Gasteiger partial charge is 0.306 e. The Balaban J connectivity index is 2.13. The van der Waals surface area contributed by atoms with Gasteiger partial charge in [0, 0.05) is 23.9 Å². The number of unbranched alkanes of at least 4 members (excludes halogenated alkanes) is 1. The minimum Gasteiger partial charge on any atom is -0.465 e. The Morgan fingerprint density at radius 3 is 2.90 bits per heavy atom. The third kappa shape index (κ3) is 6.98. The van der Waals surface area contributed by atoms with E-state index in [4.69, 9.17) is 4.74 Å². The van der Waals surface area contributed by atoms with Crippen LogP contribution in [0.15, 0.2) is 17.3 Å². The van der Waals surface area contributed by atoms with Crippen molar-refractivity contribution in [1.82, 2.24) is 9.78 Å². The van der Waals surface area contributed by atoms with Crippen LogP contribution in [-0.4, -0.2) is 28.1 Å². The van der Waals surface area contributed by atoms with E-state index in [-0.39, 0.29) is 5.97 Å². The van der Waals surface area contributed by atoms with E-state index in [1.165, 1.54) is 12.8 Å². The van der Waals surface area contributed by atoms with Crippen molar-refractivity contribution < 1.29 is 9.53 Å². The Labute approximate surface area is 126 Å². The van der Waals surface area contributed by atoms with Crippen LogP contribution in [0.2, 0.25) is 0 Å². The van der Waals surface area contributed by atoms with Crippen molar-refractivity contribution in [2.24, 2.45) is 13.0 Å². The fourth-order valence-electron chi connectivity index (χ4n) is 1.91. The highest BCUT2D eigenvalue weighted by Gasteiger charge is 2.10. The second-order valence-electron chi connectivity index (χ2n) is 5.05. The summed E-state index contributed by atoms with van der Waals surface area (Å²) >= 11 is 1.64. The Morgan fingerprint density at radius 1 is 1.50 bits per heavy atom. The zero-order chi connectivity index (χ0) is 14.8. The number of aromatic nitrogens is 2. The van der Waals surface area contributed by atoms with Gasteiger partial charge in [-0.25, -0.2) is 0 Å². The van der Waals surface area contributed by atoms with Crippen molar-refractivity contribution >= 4 is 17.7 Å². The number of aryl methyl sites for hydroxylation is 1. The predicted octanol–water partition coefficient (Wildman–Crippen LogP) is 3.66. The van der Waals surface area contributed by atoms with Gasteiger partial charge in [-0.2, -0.15) is 5.10 Å². The molecule has 0 aromatic carbocycles. The highest BCUT2D eigenvalue weighted by Crippen LogP contribution is 2.18. The first kappa shape index (κ1) is 17.1. The highest BCUT2D eigenvalue weighted by molar-refractivity contribution is 7.99. The SMILES string of the molecule is CCCCC(CC)COC(=O)CCSc1cnn(C)c1. The number of carbonyl (C=O) groups excluding carboxylic acids is 1. The van der Waals surface area contributed by atoms with E-state index in [1.807, 2.05) is 19.4 Å². The molecule has 0 radical (unpaired) electrons. The molecule has 1 heterocycles. The number of esters is 1. The second-order valence-corrected chi connectivity index (χ2v) is 6.22. The molecule has 0 aliphatic heterocycles. The molecule has 0 aliphatic rings. The highest BCUT2D eigenvalue weighted by atomic mass is 32.2. The largest absolute Gasteiger partial charge is 0.465 e. The van der Waals surface area contributed by atoms with Gasteiger partial charge in [-0.1, -0.05) is 33.1 Å². The van der Waals surface area contributed by atoms with Crippen LogP contribution in [0.4, 0.5) is 0 Å². The van der Waals surface area contributed by atoms with Crippen LogP contribution in [0.1, 0.15) is 46.0 Å². The lowest BCUT2D eigenvalue weighted by Crippen LogP contribution is -2.14. The van der Waals surface area contributed by atoms with Gasteiger partial charge < -0.3 is 4.74 Å². The van der Waals surface area contributed by atoms with Crippen LogP contribution < -0.4 is 0 Å². The summed E-state index contributed by atoms with van der Waals surface area (Å²) < 4.78 is 7.13. The van der Waals surface area contributed by atoms with E-state index in [9.17, 15) is 4.79 Å². The number of thioether (sulfide) groups is 1. The first-order valence-electron chi connectivity index (χ1n) is 7.42.